The highest BCUT2D eigenvalue weighted by atomic mass is 35.5. The van der Waals surface area contributed by atoms with Gasteiger partial charge >= 0.3 is 0 Å². The van der Waals surface area contributed by atoms with Crippen molar-refractivity contribution in [3.05, 3.63) is 33.8 Å². The van der Waals surface area contributed by atoms with Crippen molar-refractivity contribution in [2.75, 3.05) is 13.1 Å². The molecule has 0 radical (unpaired) electrons. The minimum absolute atomic E-state index is 0.293. The molecule has 0 aromatic heterocycles. The van der Waals surface area contributed by atoms with Crippen LogP contribution in [0.3, 0.4) is 0 Å². The zero-order valence-corrected chi connectivity index (χ0v) is 11.5. The number of nitrogens with two attached hydrogens (primary N) is 1. The second-order valence-corrected chi connectivity index (χ2v) is 5.86. The monoisotopic (exact) mass is 272 g/mol. The maximum atomic E-state index is 6.03. The fourth-order valence-electron chi connectivity index (χ4n) is 2.54. The van der Waals surface area contributed by atoms with E-state index in [0.717, 1.165) is 26.1 Å². The van der Waals surface area contributed by atoms with Gasteiger partial charge in [-0.15, -0.1) is 0 Å². The van der Waals surface area contributed by atoms with E-state index < -0.39 is 0 Å². The topological polar surface area (TPSA) is 29.3 Å². The first-order valence-electron chi connectivity index (χ1n) is 5.96. The van der Waals surface area contributed by atoms with Crippen LogP contribution in [0.2, 0.25) is 10.0 Å². The average Bonchev–Trinajstić information content (AvgIpc) is 2.22. The van der Waals surface area contributed by atoms with E-state index in [1.54, 1.807) is 0 Å². The standard InChI is InChI=1S/C13H18Cl2N2/c1-9-4-11(16)8-17(6-9)7-10-2-3-12(14)13(15)5-10/h2-3,5,9,11H,4,6-8,16H2,1H3. The largest absolute Gasteiger partial charge is 0.327 e. The molecule has 1 aromatic carbocycles. The average molecular weight is 273 g/mol. The SMILES string of the molecule is CC1CC(N)CN(Cc2ccc(Cl)c(Cl)c2)C1. The normalized spacial score (nSPS) is 26.1. The van der Waals surface area contributed by atoms with E-state index in [2.05, 4.69) is 11.8 Å². The van der Waals surface area contributed by atoms with Gasteiger partial charge in [-0.2, -0.15) is 0 Å². The summed E-state index contributed by atoms with van der Waals surface area (Å²) in [5.41, 5.74) is 7.23. The van der Waals surface area contributed by atoms with Crippen molar-refractivity contribution in [2.24, 2.45) is 11.7 Å². The molecule has 0 saturated carbocycles. The smallest absolute Gasteiger partial charge is 0.0595 e. The Bertz CT molecular complexity index is 385. The fourth-order valence-corrected chi connectivity index (χ4v) is 2.86. The van der Waals surface area contributed by atoms with E-state index in [4.69, 9.17) is 28.9 Å². The Labute approximate surface area is 113 Å². The van der Waals surface area contributed by atoms with Crippen LogP contribution >= 0.6 is 23.2 Å². The summed E-state index contributed by atoms with van der Waals surface area (Å²) in [6, 6.07) is 6.11. The molecule has 2 atom stereocenters. The molecule has 0 spiro atoms. The van der Waals surface area contributed by atoms with Crippen LogP contribution in [0.25, 0.3) is 0 Å². The van der Waals surface area contributed by atoms with Crippen LogP contribution in [0.5, 0.6) is 0 Å². The Morgan fingerprint density at radius 2 is 2.06 bits per heavy atom. The lowest BCUT2D eigenvalue weighted by molar-refractivity contribution is 0.158. The van der Waals surface area contributed by atoms with Crippen LogP contribution in [0.4, 0.5) is 0 Å². The molecule has 2 rings (SSSR count). The van der Waals surface area contributed by atoms with Crippen LogP contribution in [-0.4, -0.2) is 24.0 Å². The summed E-state index contributed by atoms with van der Waals surface area (Å²) in [5.74, 6) is 0.668. The molecule has 1 fully saturated rings. The molecule has 0 bridgehead atoms. The number of benzene rings is 1. The Morgan fingerprint density at radius 3 is 2.71 bits per heavy atom. The minimum Gasteiger partial charge on any atom is -0.327 e. The number of hydrogen-bond donors (Lipinski definition) is 1. The second kappa shape index (κ2) is 5.57. The third-order valence-electron chi connectivity index (χ3n) is 3.16. The molecule has 2 nitrogen and oxygen atoms in total. The highest BCUT2D eigenvalue weighted by Gasteiger charge is 2.22. The van der Waals surface area contributed by atoms with E-state index in [1.807, 2.05) is 18.2 Å². The van der Waals surface area contributed by atoms with Crippen molar-refractivity contribution in [1.82, 2.24) is 4.90 Å². The molecule has 0 amide bonds. The molecule has 2 N–H and O–H groups in total. The van der Waals surface area contributed by atoms with Gasteiger partial charge in [-0.3, -0.25) is 4.90 Å². The molecule has 17 heavy (non-hydrogen) atoms. The van der Waals surface area contributed by atoms with Crippen molar-refractivity contribution in [1.29, 1.82) is 0 Å². The van der Waals surface area contributed by atoms with Crippen LogP contribution in [-0.2, 0) is 6.54 Å². The highest BCUT2D eigenvalue weighted by molar-refractivity contribution is 6.42. The van der Waals surface area contributed by atoms with Gasteiger partial charge in [-0.05, 0) is 30.0 Å². The maximum absolute atomic E-state index is 6.03. The van der Waals surface area contributed by atoms with Gasteiger partial charge in [0.1, 0.15) is 0 Å². The van der Waals surface area contributed by atoms with Crippen molar-refractivity contribution in [3.63, 3.8) is 0 Å². The highest BCUT2D eigenvalue weighted by Crippen LogP contribution is 2.24. The van der Waals surface area contributed by atoms with Gasteiger partial charge in [0.05, 0.1) is 10.0 Å². The Balaban J connectivity index is 2.02. The zero-order valence-electron chi connectivity index (χ0n) is 10.00. The van der Waals surface area contributed by atoms with Crippen LogP contribution < -0.4 is 5.73 Å². The molecule has 1 aromatic rings. The van der Waals surface area contributed by atoms with E-state index in [-0.39, 0.29) is 0 Å². The first kappa shape index (κ1) is 13.2. The number of likely N-dealkylation sites (tertiary alicyclic amines) is 1. The molecule has 2 unspecified atom stereocenters. The molecule has 94 valence electrons. The number of hydrogen-bond acceptors (Lipinski definition) is 2. The first-order valence-corrected chi connectivity index (χ1v) is 6.72. The van der Waals surface area contributed by atoms with Gasteiger partial charge in [0.2, 0.25) is 0 Å². The zero-order chi connectivity index (χ0) is 12.4. The van der Waals surface area contributed by atoms with E-state index in [9.17, 15) is 0 Å². The third-order valence-corrected chi connectivity index (χ3v) is 3.90. The molecule has 0 aliphatic carbocycles. The van der Waals surface area contributed by atoms with Gasteiger partial charge in [-0.25, -0.2) is 0 Å². The number of piperidine rings is 1. The van der Waals surface area contributed by atoms with Crippen molar-refractivity contribution >= 4 is 23.2 Å². The molecular formula is C13H18Cl2N2. The summed E-state index contributed by atoms with van der Waals surface area (Å²) in [5, 5.41) is 1.23. The second-order valence-electron chi connectivity index (χ2n) is 5.04. The third kappa shape index (κ3) is 3.59. The van der Waals surface area contributed by atoms with E-state index >= 15 is 0 Å². The van der Waals surface area contributed by atoms with Gasteiger partial charge in [0.15, 0.2) is 0 Å². The maximum Gasteiger partial charge on any atom is 0.0595 e. The van der Waals surface area contributed by atoms with Crippen molar-refractivity contribution in [3.8, 4) is 0 Å². The Hall–Kier alpha value is -0.280. The number of halogens is 2. The summed E-state index contributed by atoms with van der Waals surface area (Å²) in [6.45, 7) is 5.22. The van der Waals surface area contributed by atoms with E-state index in [0.29, 0.717) is 22.0 Å². The summed E-state index contributed by atoms with van der Waals surface area (Å²) < 4.78 is 0. The lowest BCUT2D eigenvalue weighted by Gasteiger charge is -2.34. The van der Waals surface area contributed by atoms with E-state index in [1.165, 1.54) is 5.56 Å². The predicted molar refractivity (Wildman–Crippen MR) is 73.5 cm³/mol. The van der Waals surface area contributed by atoms with Crippen LogP contribution in [0, 0.1) is 5.92 Å². The molecule has 1 heterocycles. The molecule has 1 aliphatic heterocycles. The predicted octanol–water partition coefficient (Wildman–Crippen LogP) is 3.16. The summed E-state index contributed by atoms with van der Waals surface area (Å²) >= 11 is 11.9. The van der Waals surface area contributed by atoms with Gasteiger partial charge < -0.3 is 5.73 Å². The van der Waals surface area contributed by atoms with Crippen molar-refractivity contribution < 1.29 is 0 Å². The number of nitrogens with zero attached hydrogens (tertiary/aromatic N) is 1. The molecular weight excluding hydrogens is 255 g/mol. The summed E-state index contributed by atoms with van der Waals surface area (Å²) in [6.07, 6.45) is 1.12. The lowest BCUT2D eigenvalue weighted by Crippen LogP contribution is -2.45. The lowest BCUT2D eigenvalue weighted by atomic mass is 9.96. The minimum atomic E-state index is 0.293. The Morgan fingerprint density at radius 1 is 1.29 bits per heavy atom. The molecule has 1 saturated heterocycles. The number of rotatable bonds is 2. The van der Waals surface area contributed by atoms with Crippen molar-refractivity contribution in [2.45, 2.75) is 25.9 Å². The fraction of sp³-hybridized carbons (Fsp3) is 0.538. The molecule has 1 aliphatic rings. The van der Waals surface area contributed by atoms with Crippen LogP contribution in [0.1, 0.15) is 18.9 Å². The summed E-state index contributed by atoms with van der Waals surface area (Å²) in [7, 11) is 0. The van der Waals surface area contributed by atoms with Crippen LogP contribution in [0.15, 0.2) is 18.2 Å². The molecule has 4 heteroatoms. The van der Waals surface area contributed by atoms with Gasteiger partial charge in [0.25, 0.3) is 0 Å². The summed E-state index contributed by atoms with van der Waals surface area (Å²) in [4.78, 5) is 2.39. The van der Waals surface area contributed by atoms with Gasteiger partial charge in [0, 0.05) is 25.7 Å². The van der Waals surface area contributed by atoms with Gasteiger partial charge in [-0.1, -0.05) is 36.2 Å². The Kier molecular flexibility index (Phi) is 4.31. The first-order chi connectivity index (χ1) is 8.04. The quantitative estimate of drug-likeness (QED) is 0.896.